The second-order valence-corrected chi connectivity index (χ2v) is 6.30. The van der Waals surface area contributed by atoms with Gasteiger partial charge in [0, 0.05) is 10.9 Å². The summed E-state index contributed by atoms with van der Waals surface area (Å²) in [4.78, 5) is 14.0. The van der Waals surface area contributed by atoms with Crippen LogP contribution in [0.1, 0.15) is 25.3 Å². The highest BCUT2D eigenvalue weighted by atomic mass is 35.5. The number of quaternary nitrogens is 1. The third kappa shape index (κ3) is 2.74. The molecule has 1 fully saturated rings. The van der Waals surface area contributed by atoms with Crippen LogP contribution in [0.4, 0.5) is 0 Å². The predicted octanol–water partition coefficient (Wildman–Crippen LogP) is 2.26. The van der Waals surface area contributed by atoms with Gasteiger partial charge in [0.1, 0.15) is 18.4 Å². The van der Waals surface area contributed by atoms with Crippen LogP contribution in [0.25, 0.3) is 11.0 Å². The van der Waals surface area contributed by atoms with Crippen LogP contribution in [0, 0.1) is 5.92 Å². The topological polar surface area (TPSA) is 34.7 Å². The molecule has 1 aromatic heterocycles. The van der Waals surface area contributed by atoms with Gasteiger partial charge < -0.3 is 9.32 Å². The summed E-state index contributed by atoms with van der Waals surface area (Å²) in [6.07, 6.45) is 4.15. The van der Waals surface area contributed by atoms with Gasteiger partial charge in [-0.3, -0.25) is 4.79 Å². The average Bonchev–Trinajstić information content (AvgIpc) is 2.43. The van der Waals surface area contributed by atoms with E-state index >= 15 is 0 Å². The van der Waals surface area contributed by atoms with Crippen molar-refractivity contribution in [3.05, 3.63) is 45.3 Å². The lowest BCUT2D eigenvalue weighted by Crippen LogP contribution is -3.12. The molecule has 2 heterocycles. The smallest absolute Gasteiger partial charge is 0.201 e. The Bertz CT molecular complexity index is 680. The van der Waals surface area contributed by atoms with Crippen molar-refractivity contribution in [2.75, 3.05) is 13.1 Å². The highest BCUT2D eigenvalue weighted by Gasteiger charge is 2.21. The minimum Gasteiger partial charge on any atom is -0.464 e. The Labute approximate surface area is 123 Å². The van der Waals surface area contributed by atoms with Crippen molar-refractivity contribution in [2.24, 2.45) is 5.92 Å². The number of benzene rings is 1. The fourth-order valence-corrected chi connectivity index (χ4v) is 3.26. The van der Waals surface area contributed by atoms with E-state index in [0.717, 1.165) is 31.1 Å². The van der Waals surface area contributed by atoms with Crippen LogP contribution in [0.15, 0.2) is 33.7 Å². The highest BCUT2D eigenvalue weighted by Crippen LogP contribution is 2.17. The van der Waals surface area contributed by atoms with Crippen LogP contribution in [-0.4, -0.2) is 13.1 Å². The van der Waals surface area contributed by atoms with Crippen LogP contribution in [0.5, 0.6) is 0 Å². The molecule has 1 aromatic carbocycles. The normalized spacial score (nSPS) is 23.1. The van der Waals surface area contributed by atoms with Gasteiger partial charge in [0.25, 0.3) is 0 Å². The van der Waals surface area contributed by atoms with E-state index in [1.807, 2.05) is 0 Å². The number of piperidine rings is 1. The lowest BCUT2D eigenvalue weighted by molar-refractivity contribution is -0.922. The molecule has 0 bridgehead atoms. The zero-order valence-electron chi connectivity index (χ0n) is 11.6. The molecular formula is C16H19ClNO2+. The molecule has 1 aliphatic heterocycles. The zero-order chi connectivity index (χ0) is 14.1. The summed E-state index contributed by atoms with van der Waals surface area (Å²) in [5.41, 5.74) is 1.41. The van der Waals surface area contributed by atoms with Gasteiger partial charge in [0.05, 0.1) is 24.0 Å². The van der Waals surface area contributed by atoms with E-state index in [1.54, 1.807) is 24.5 Å². The van der Waals surface area contributed by atoms with E-state index in [9.17, 15) is 4.79 Å². The van der Waals surface area contributed by atoms with Crippen molar-refractivity contribution in [1.29, 1.82) is 0 Å². The second kappa shape index (κ2) is 5.58. The number of nitrogens with one attached hydrogen (secondary N) is 1. The number of fused-ring (bicyclic) bond motifs is 1. The molecule has 2 atom stereocenters. The SMILES string of the molecule is C[C@@H]1CCC[NH+](Cc2coc3ccc(Cl)cc3c2=O)C1. The quantitative estimate of drug-likeness (QED) is 0.921. The van der Waals surface area contributed by atoms with Crippen molar-refractivity contribution in [3.8, 4) is 0 Å². The molecule has 2 aromatic rings. The number of hydrogen-bond acceptors (Lipinski definition) is 2. The fourth-order valence-electron chi connectivity index (χ4n) is 3.09. The van der Waals surface area contributed by atoms with Crippen molar-refractivity contribution < 1.29 is 9.32 Å². The number of likely N-dealkylation sites (tertiary alicyclic amines) is 1. The van der Waals surface area contributed by atoms with Crippen LogP contribution < -0.4 is 10.3 Å². The molecule has 3 rings (SSSR count). The maximum Gasteiger partial charge on any atom is 0.201 e. The summed E-state index contributed by atoms with van der Waals surface area (Å²) >= 11 is 5.97. The summed E-state index contributed by atoms with van der Waals surface area (Å²) in [5, 5.41) is 1.15. The van der Waals surface area contributed by atoms with Crippen LogP contribution >= 0.6 is 11.6 Å². The van der Waals surface area contributed by atoms with Gasteiger partial charge in [0.15, 0.2) is 0 Å². The third-order valence-electron chi connectivity index (χ3n) is 4.11. The van der Waals surface area contributed by atoms with Gasteiger partial charge in [-0.15, -0.1) is 0 Å². The maximum atomic E-state index is 12.5. The van der Waals surface area contributed by atoms with Crippen molar-refractivity contribution in [1.82, 2.24) is 0 Å². The number of hydrogen-bond donors (Lipinski definition) is 1. The molecule has 20 heavy (non-hydrogen) atoms. The third-order valence-corrected chi connectivity index (χ3v) is 4.35. The first-order chi connectivity index (χ1) is 9.63. The Balaban J connectivity index is 1.92. The van der Waals surface area contributed by atoms with Crippen molar-refractivity contribution in [3.63, 3.8) is 0 Å². The summed E-state index contributed by atoms with van der Waals surface area (Å²) in [5.74, 6) is 0.737. The summed E-state index contributed by atoms with van der Waals surface area (Å²) in [6, 6.07) is 5.18. The minimum absolute atomic E-state index is 0.0551. The molecule has 0 spiro atoms. The monoisotopic (exact) mass is 292 g/mol. The Morgan fingerprint density at radius 2 is 2.30 bits per heavy atom. The summed E-state index contributed by atoms with van der Waals surface area (Å²) in [6.45, 7) is 5.29. The average molecular weight is 293 g/mol. The Morgan fingerprint density at radius 1 is 1.45 bits per heavy atom. The van der Waals surface area contributed by atoms with E-state index in [0.29, 0.717) is 16.0 Å². The molecule has 0 saturated carbocycles. The lowest BCUT2D eigenvalue weighted by atomic mass is 10.00. The molecule has 106 valence electrons. The first-order valence-electron chi connectivity index (χ1n) is 7.17. The van der Waals surface area contributed by atoms with Crippen LogP contribution in [0.3, 0.4) is 0 Å². The first kappa shape index (κ1) is 13.7. The summed E-state index contributed by atoms with van der Waals surface area (Å²) < 4.78 is 5.58. The molecule has 1 aliphatic rings. The lowest BCUT2D eigenvalue weighted by Gasteiger charge is -2.27. The van der Waals surface area contributed by atoms with E-state index < -0.39 is 0 Å². The van der Waals surface area contributed by atoms with Gasteiger partial charge in [-0.2, -0.15) is 0 Å². The minimum atomic E-state index is 0.0551. The number of halogens is 1. The Kier molecular flexibility index (Phi) is 3.81. The van der Waals surface area contributed by atoms with Gasteiger partial charge >= 0.3 is 0 Å². The highest BCUT2D eigenvalue weighted by molar-refractivity contribution is 6.31. The first-order valence-corrected chi connectivity index (χ1v) is 7.55. The molecule has 3 nitrogen and oxygen atoms in total. The van der Waals surface area contributed by atoms with E-state index in [-0.39, 0.29) is 5.43 Å². The van der Waals surface area contributed by atoms with Gasteiger partial charge in [-0.05, 0) is 31.0 Å². The summed E-state index contributed by atoms with van der Waals surface area (Å²) in [7, 11) is 0. The Hall–Kier alpha value is -1.32. The molecule has 4 heteroatoms. The van der Waals surface area contributed by atoms with E-state index in [1.165, 1.54) is 17.7 Å². The molecule has 1 unspecified atom stereocenters. The Morgan fingerprint density at radius 3 is 3.10 bits per heavy atom. The van der Waals surface area contributed by atoms with E-state index in [4.69, 9.17) is 16.0 Å². The van der Waals surface area contributed by atoms with E-state index in [2.05, 4.69) is 6.92 Å². The number of rotatable bonds is 2. The van der Waals surface area contributed by atoms with Crippen LogP contribution in [0.2, 0.25) is 5.02 Å². The predicted molar refractivity (Wildman–Crippen MR) is 80.3 cm³/mol. The molecular weight excluding hydrogens is 274 g/mol. The maximum absolute atomic E-state index is 12.5. The van der Waals surface area contributed by atoms with Gasteiger partial charge in [-0.25, -0.2) is 0 Å². The zero-order valence-corrected chi connectivity index (χ0v) is 12.4. The van der Waals surface area contributed by atoms with Crippen LogP contribution in [-0.2, 0) is 6.54 Å². The molecule has 1 saturated heterocycles. The molecule has 1 N–H and O–H groups in total. The molecule has 0 aliphatic carbocycles. The van der Waals surface area contributed by atoms with Gasteiger partial charge in [0.2, 0.25) is 5.43 Å². The standard InChI is InChI=1S/C16H18ClNO2/c1-11-3-2-6-18(8-11)9-12-10-20-15-5-4-13(17)7-14(15)16(12)19/h4-5,7,10-11H,2-3,6,8-9H2,1H3/p+1/t11-/m1/s1. The second-order valence-electron chi connectivity index (χ2n) is 5.86. The molecule has 0 radical (unpaired) electrons. The van der Waals surface area contributed by atoms with Crippen molar-refractivity contribution in [2.45, 2.75) is 26.3 Å². The molecule has 0 amide bonds. The fraction of sp³-hybridized carbons (Fsp3) is 0.438. The largest absolute Gasteiger partial charge is 0.464 e. The van der Waals surface area contributed by atoms with Crippen molar-refractivity contribution >= 4 is 22.6 Å². The van der Waals surface area contributed by atoms with Gasteiger partial charge in [-0.1, -0.05) is 18.5 Å².